The van der Waals surface area contributed by atoms with Gasteiger partial charge in [-0.25, -0.2) is 0 Å². The smallest absolute Gasteiger partial charge is 0.161 e. The van der Waals surface area contributed by atoms with E-state index in [0.717, 1.165) is 33.4 Å². The van der Waals surface area contributed by atoms with Crippen LogP contribution in [0.15, 0.2) is 60.2 Å². The van der Waals surface area contributed by atoms with Crippen molar-refractivity contribution in [2.24, 2.45) is 0 Å². The Morgan fingerprint density at radius 3 is 2.13 bits per heavy atom. The fourth-order valence-electron chi connectivity index (χ4n) is 3.50. The molecule has 0 saturated heterocycles. The van der Waals surface area contributed by atoms with Gasteiger partial charge in [-0.05, 0) is 68.3 Å². The predicted octanol–water partition coefficient (Wildman–Crippen LogP) is 6.10. The first-order valence-corrected chi connectivity index (χ1v) is 10.00. The highest BCUT2D eigenvalue weighted by atomic mass is 16.5. The van der Waals surface area contributed by atoms with Crippen molar-refractivity contribution < 1.29 is 24.4 Å². The standard InChI is InChI=1S/C26H28O5/c1-16(2)12-13-31-23-11-8-19(14-22(23)28)25-17(3)26(30-5)21(15-24(25)29-4)18-6-9-20(27)10-7-18/h6-12,14-15,27-28H,13H2,1-5H3. The summed E-state index contributed by atoms with van der Waals surface area (Å²) in [5.41, 5.74) is 5.39. The normalized spacial score (nSPS) is 10.5. The van der Waals surface area contributed by atoms with Crippen LogP contribution in [-0.2, 0) is 0 Å². The zero-order valence-electron chi connectivity index (χ0n) is 18.5. The quantitative estimate of drug-likeness (QED) is 0.452. The second kappa shape index (κ2) is 9.47. The topological polar surface area (TPSA) is 68.2 Å². The molecule has 0 saturated carbocycles. The van der Waals surface area contributed by atoms with E-state index in [2.05, 4.69) is 0 Å². The lowest BCUT2D eigenvalue weighted by molar-refractivity contribution is 0.335. The van der Waals surface area contributed by atoms with Crippen LogP contribution in [-0.4, -0.2) is 31.0 Å². The Kier molecular flexibility index (Phi) is 6.75. The van der Waals surface area contributed by atoms with Crippen molar-refractivity contribution in [3.05, 3.63) is 65.7 Å². The molecule has 0 unspecified atom stereocenters. The van der Waals surface area contributed by atoms with Crippen molar-refractivity contribution in [1.82, 2.24) is 0 Å². The maximum Gasteiger partial charge on any atom is 0.161 e. The van der Waals surface area contributed by atoms with Crippen LogP contribution in [0.4, 0.5) is 0 Å². The average molecular weight is 421 g/mol. The summed E-state index contributed by atoms with van der Waals surface area (Å²) in [6.07, 6.45) is 1.95. The fraction of sp³-hybridized carbons (Fsp3) is 0.231. The zero-order chi connectivity index (χ0) is 22.5. The SMILES string of the molecule is COc1cc(-c2ccc(O)cc2)c(OC)c(C)c1-c1ccc(OCC=C(C)C)c(O)c1. The van der Waals surface area contributed by atoms with E-state index in [1.54, 1.807) is 38.5 Å². The highest BCUT2D eigenvalue weighted by Crippen LogP contribution is 2.46. The minimum atomic E-state index is 0.0580. The summed E-state index contributed by atoms with van der Waals surface area (Å²) in [6.45, 7) is 6.34. The van der Waals surface area contributed by atoms with Crippen LogP contribution in [0.3, 0.4) is 0 Å². The molecule has 3 aromatic rings. The second-order valence-corrected chi connectivity index (χ2v) is 7.48. The third kappa shape index (κ3) is 4.77. The van der Waals surface area contributed by atoms with Gasteiger partial charge in [0.25, 0.3) is 0 Å². The maximum atomic E-state index is 10.5. The number of phenols is 2. The summed E-state index contributed by atoms with van der Waals surface area (Å²) in [6, 6.07) is 14.1. The van der Waals surface area contributed by atoms with Gasteiger partial charge in [0.05, 0.1) is 14.2 Å². The van der Waals surface area contributed by atoms with Crippen molar-refractivity contribution in [3.8, 4) is 51.0 Å². The fourth-order valence-corrected chi connectivity index (χ4v) is 3.50. The molecule has 0 bridgehead atoms. The number of allylic oxidation sites excluding steroid dienone is 1. The minimum Gasteiger partial charge on any atom is -0.508 e. The van der Waals surface area contributed by atoms with Crippen LogP contribution in [0.2, 0.25) is 0 Å². The lowest BCUT2D eigenvalue weighted by atomic mass is 9.93. The zero-order valence-corrected chi connectivity index (χ0v) is 18.5. The predicted molar refractivity (Wildman–Crippen MR) is 123 cm³/mol. The van der Waals surface area contributed by atoms with Gasteiger partial charge in [-0.15, -0.1) is 0 Å². The Hall–Kier alpha value is -3.60. The van der Waals surface area contributed by atoms with Crippen molar-refractivity contribution in [3.63, 3.8) is 0 Å². The summed E-state index contributed by atoms with van der Waals surface area (Å²) in [5.74, 6) is 2.03. The molecule has 0 amide bonds. The molecular weight excluding hydrogens is 392 g/mol. The van der Waals surface area contributed by atoms with Gasteiger partial charge in [-0.1, -0.05) is 23.8 Å². The van der Waals surface area contributed by atoms with E-state index in [1.807, 2.05) is 51.1 Å². The van der Waals surface area contributed by atoms with Gasteiger partial charge < -0.3 is 24.4 Å². The molecule has 0 aliphatic rings. The maximum absolute atomic E-state index is 10.5. The largest absolute Gasteiger partial charge is 0.508 e. The van der Waals surface area contributed by atoms with Gasteiger partial charge in [0.15, 0.2) is 11.5 Å². The summed E-state index contributed by atoms with van der Waals surface area (Å²) in [7, 11) is 3.24. The number of hydrogen-bond acceptors (Lipinski definition) is 5. The van der Waals surface area contributed by atoms with E-state index in [1.165, 1.54) is 0 Å². The van der Waals surface area contributed by atoms with E-state index in [4.69, 9.17) is 14.2 Å². The Balaban J connectivity index is 2.08. The van der Waals surface area contributed by atoms with E-state index < -0.39 is 0 Å². The number of benzene rings is 3. The van der Waals surface area contributed by atoms with Crippen LogP contribution in [0, 0.1) is 6.92 Å². The van der Waals surface area contributed by atoms with Crippen molar-refractivity contribution in [2.75, 3.05) is 20.8 Å². The van der Waals surface area contributed by atoms with Crippen molar-refractivity contribution in [1.29, 1.82) is 0 Å². The van der Waals surface area contributed by atoms with E-state index >= 15 is 0 Å². The molecule has 0 heterocycles. The lowest BCUT2D eigenvalue weighted by Gasteiger charge is -2.20. The molecule has 2 N–H and O–H groups in total. The Labute approximate surface area is 183 Å². The summed E-state index contributed by atoms with van der Waals surface area (Å²) in [5, 5.41) is 20.1. The van der Waals surface area contributed by atoms with Gasteiger partial charge in [0.2, 0.25) is 0 Å². The number of phenolic OH excluding ortho intramolecular Hbond substituents is 2. The molecule has 3 rings (SSSR count). The van der Waals surface area contributed by atoms with Crippen LogP contribution >= 0.6 is 0 Å². The Morgan fingerprint density at radius 2 is 1.55 bits per heavy atom. The van der Waals surface area contributed by atoms with Gasteiger partial charge in [-0.3, -0.25) is 0 Å². The molecule has 0 atom stereocenters. The van der Waals surface area contributed by atoms with Gasteiger partial charge >= 0.3 is 0 Å². The second-order valence-electron chi connectivity index (χ2n) is 7.48. The van der Waals surface area contributed by atoms with Crippen molar-refractivity contribution in [2.45, 2.75) is 20.8 Å². The highest BCUT2D eigenvalue weighted by Gasteiger charge is 2.20. The van der Waals surface area contributed by atoms with Crippen LogP contribution in [0.5, 0.6) is 28.7 Å². The molecule has 0 aromatic heterocycles. The first-order valence-electron chi connectivity index (χ1n) is 10.00. The molecule has 0 spiro atoms. The minimum absolute atomic E-state index is 0.0580. The molecule has 5 nitrogen and oxygen atoms in total. The third-order valence-corrected chi connectivity index (χ3v) is 5.06. The van der Waals surface area contributed by atoms with E-state index in [0.29, 0.717) is 23.9 Å². The van der Waals surface area contributed by atoms with Crippen LogP contribution < -0.4 is 14.2 Å². The van der Waals surface area contributed by atoms with Gasteiger partial charge in [0, 0.05) is 16.7 Å². The molecule has 3 aromatic carbocycles. The van der Waals surface area contributed by atoms with Crippen LogP contribution in [0.1, 0.15) is 19.4 Å². The van der Waals surface area contributed by atoms with E-state index in [9.17, 15) is 10.2 Å². The van der Waals surface area contributed by atoms with Crippen LogP contribution in [0.25, 0.3) is 22.3 Å². The molecular formula is C26H28O5. The molecule has 0 fully saturated rings. The number of hydrogen-bond donors (Lipinski definition) is 2. The number of methoxy groups -OCH3 is 2. The molecule has 162 valence electrons. The average Bonchev–Trinajstić information content (AvgIpc) is 2.74. The van der Waals surface area contributed by atoms with Gasteiger partial charge in [0.1, 0.15) is 23.9 Å². The van der Waals surface area contributed by atoms with Gasteiger partial charge in [-0.2, -0.15) is 0 Å². The lowest BCUT2D eigenvalue weighted by Crippen LogP contribution is -1.99. The Morgan fingerprint density at radius 1 is 0.871 bits per heavy atom. The molecule has 31 heavy (non-hydrogen) atoms. The number of aromatic hydroxyl groups is 2. The van der Waals surface area contributed by atoms with Crippen molar-refractivity contribution >= 4 is 0 Å². The molecule has 0 aliphatic carbocycles. The first kappa shape index (κ1) is 22.1. The molecule has 0 radical (unpaired) electrons. The highest BCUT2D eigenvalue weighted by molar-refractivity contribution is 5.85. The summed E-state index contributed by atoms with van der Waals surface area (Å²) in [4.78, 5) is 0. The molecule has 0 aliphatic heterocycles. The summed E-state index contributed by atoms with van der Waals surface area (Å²) < 4.78 is 17.1. The Bertz CT molecular complexity index is 1090. The monoisotopic (exact) mass is 420 g/mol. The molecule has 5 heteroatoms. The number of ether oxygens (including phenoxy) is 3. The van der Waals surface area contributed by atoms with E-state index in [-0.39, 0.29) is 11.5 Å². The summed E-state index contributed by atoms with van der Waals surface area (Å²) >= 11 is 0. The number of rotatable bonds is 7. The first-order chi connectivity index (χ1) is 14.8. The third-order valence-electron chi connectivity index (χ3n) is 5.06.